The highest BCUT2D eigenvalue weighted by atomic mass is 32.1. The minimum absolute atomic E-state index is 0.0100. The molecule has 100 valence electrons. The van der Waals surface area contributed by atoms with Gasteiger partial charge in [-0.3, -0.25) is 4.79 Å². The van der Waals surface area contributed by atoms with E-state index in [1.54, 1.807) is 11.3 Å². The van der Waals surface area contributed by atoms with Crippen LogP contribution in [-0.2, 0) is 11.3 Å². The van der Waals surface area contributed by atoms with E-state index in [2.05, 4.69) is 11.4 Å². The van der Waals surface area contributed by atoms with Gasteiger partial charge in [-0.25, -0.2) is 0 Å². The first-order valence-electron chi connectivity index (χ1n) is 6.27. The Kier molecular flexibility index (Phi) is 4.71. The summed E-state index contributed by atoms with van der Waals surface area (Å²) in [6.07, 6.45) is 0.314. The third-order valence-electron chi connectivity index (χ3n) is 3.05. The summed E-state index contributed by atoms with van der Waals surface area (Å²) in [5.74, 6) is -0.0100. The normalized spacial score (nSPS) is 12.1. The first-order valence-corrected chi connectivity index (χ1v) is 7.15. The summed E-state index contributed by atoms with van der Waals surface area (Å²) in [4.78, 5) is 13.0. The van der Waals surface area contributed by atoms with Gasteiger partial charge in [0.05, 0.1) is 6.54 Å². The Morgan fingerprint density at radius 3 is 2.68 bits per heavy atom. The number of amides is 1. The molecular weight excluding hydrogens is 256 g/mol. The number of thiophene rings is 1. The maximum Gasteiger partial charge on any atom is 0.222 e. The molecule has 0 saturated carbocycles. The smallest absolute Gasteiger partial charge is 0.222 e. The van der Waals surface area contributed by atoms with Gasteiger partial charge in [0.15, 0.2) is 0 Å². The van der Waals surface area contributed by atoms with E-state index in [9.17, 15) is 4.79 Å². The van der Waals surface area contributed by atoms with Crippen LogP contribution in [0.4, 0.5) is 0 Å². The maximum absolute atomic E-state index is 11.8. The van der Waals surface area contributed by atoms with Crippen LogP contribution in [-0.4, -0.2) is 5.91 Å². The summed E-state index contributed by atoms with van der Waals surface area (Å²) in [5, 5.41) is 4.95. The Morgan fingerprint density at radius 1 is 1.32 bits per heavy atom. The minimum Gasteiger partial charge on any atom is -0.351 e. The Balaban J connectivity index is 1.83. The molecule has 1 aromatic heterocycles. The van der Waals surface area contributed by atoms with Crippen LogP contribution in [0.2, 0.25) is 0 Å². The van der Waals surface area contributed by atoms with E-state index in [4.69, 9.17) is 5.73 Å². The van der Waals surface area contributed by atoms with Gasteiger partial charge in [0.2, 0.25) is 5.91 Å². The van der Waals surface area contributed by atoms with Crippen molar-refractivity contribution in [3.8, 4) is 0 Å². The van der Waals surface area contributed by atoms with Crippen molar-refractivity contribution in [2.24, 2.45) is 5.73 Å². The molecule has 0 aliphatic carbocycles. The number of nitrogens with one attached hydrogen (secondary N) is 1. The zero-order valence-corrected chi connectivity index (χ0v) is 11.7. The zero-order valence-electron chi connectivity index (χ0n) is 10.9. The predicted octanol–water partition coefficient (Wildman–Crippen LogP) is 2.76. The van der Waals surface area contributed by atoms with Crippen LogP contribution in [0.3, 0.4) is 0 Å². The molecule has 0 aliphatic heterocycles. The first kappa shape index (κ1) is 13.8. The molecule has 1 heterocycles. The van der Waals surface area contributed by atoms with E-state index in [-0.39, 0.29) is 11.9 Å². The molecule has 19 heavy (non-hydrogen) atoms. The highest BCUT2D eigenvalue weighted by Gasteiger charge is 2.11. The Hall–Kier alpha value is -1.65. The number of carbonyl (C=O) groups excluding carboxylic acids is 1. The molecule has 3 nitrogen and oxygen atoms in total. The Bertz CT molecular complexity index is 536. The lowest BCUT2D eigenvalue weighted by atomic mass is 10.0. The molecule has 2 aromatic rings. The molecular formula is C15H18N2OS. The lowest BCUT2D eigenvalue weighted by molar-refractivity contribution is -0.121. The number of nitrogens with two attached hydrogens (primary N) is 1. The molecule has 0 fully saturated rings. The lowest BCUT2D eigenvalue weighted by Crippen LogP contribution is -2.27. The van der Waals surface area contributed by atoms with Crippen molar-refractivity contribution in [3.63, 3.8) is 0 Å². The summed E-state index contributed by atoms with van der Waals surface area (Å²) < 4.78 is 0. The summed E-state index contributed by atoms with van der Waals surface area (Å²) in [6, 6.07) is 11.5. The lowest BCUT2D eigenvalue weighted by Gasteiger charge is -2.12. The number of aryl methyl sites for hydroxylation is 1. The quantitative estimate of drug-likeness (QED) is 0.881. The van der Waals surface area contributed by atoms with Crippen molar-refractivity contribution in [3.05, 3.63) is 57.8 Å². The monoisotopic (exact) mass is 274 g/mol. The molecule has 0 saturated heterocycles. The largest absolute Gasteiger partial charge is 0.351 e. The second-order valence-corrected chi connectivity index (χ2v) is 5.53. The van der Waals surface area contributed by atoms with E-state index < -0.39 is 0 Å². The average Bonchev–Trinajstić information content (AvgIpc) is 2.83. The van der Waals surface area contributed by atoms with Crippen molar-refractivity contribution in [2.45, 2.75) is 25.9 Å². The van der Waals surface area contributed by atoms with Gasteiger partial charge in [0.1, 0.15) is 0 Å². The van der Waals surface area contributed by atoms with E-state index in [1.807, 2.05) is 42.6 Å². The predicted molar refractivity (Wildman–Crippen MR) is 78.9 cm³/mol. The fourth-order valence-corrected chi connectivity index (χ4v) is 2.70. The van der Waals surface area contributed by atoms with Gasteiger partial charge in [0.25, 0.3) is 0 Å². The van der Waals surface area contributed by atoms with E-state index in [0.29, 0.717) is 13.0 Å². The van der Waals surface area contributed by atoms with Crippen molar-refractivity contribution < 1.29 is 4.79 Å². The van der Waals surface area contributed by atoms with E-state index in [1.165, 1.54) is 10.4 Å². The highest BCUT2D eigenvalue weighted by Crippen LogP contribution is 2.16. The molecule has 1 unspecified atom stereocenters. The first-order chi connectivity index (χ1) is 9.16. The third kappa shape index (κ3) is 3.91. The molecule has 3 N–H and O–H groups in total. The van der Waals surface area contributed by atoms with E-state index in [0.717, 1.165) is 5.56 Å². The second kappa shape index (κ2) is 6.50. The van der Waals surface area contributed by atoms with Crippen molar-refractivity contribution in [2.75, 3.05) is 0 Å². The number of hydrogen-bond donors (Lipinski definition) is 2. The molecule has 0 spiro atoms. The van der Waals surface area contributed by atoms with Crippen molar-refractivity contribution in [1.82, 2.24) is 5.32 Å². The van der Waals surface area contributed by atoms with Crippen LogP contribution < -0.4 is 11.1 Å². The SMILES string of the molecule is Cc1ccsc1CNC(=O)CC(N)c1ccccc1. The molecule has 1 atom stereocenters. The fourth-order valence-electron chi connectivity index (χ4n) is 1.85. The van der Waals surface area contributed by atoms with Crippen LogP contribution in [0.1, 0.15) is 28.5 Å². The van der Waals surface area contributed by atoms with E-state index >= 15 is 0 Å². The topological polar surface area (TPSA) is 55.1 Å². The molecule has 0 bridgehead atoms. The van der Waals surface area contributed by atoms with Crippen molar-refractivity contribution >= 4 is 17.2 Å². The third-order valence-corrected chi connectivity index (χ3v) is 4.07. The van der Waals surface area contributed by atoms with Crippen LogP contribution in [0.5, 0.6) is 0 Å². The minimum atomic E-state index is -0.245. The van der Waals surface area contributed by atoms with Crippen LogP contribution >= 0.6 is 11.3 Å². The molecule has 1 aromatic carbocycles. The van der Waals surface area contributed by atoms with Gasteiger partial charge in [-0.05, 0) is 29.5 Å². The number of benzene rings is 1. The van der Waals surface area contributed by atoms with Crippen molar-refractivity contribution in [1.29, 1.82) is 0 Å². The number of rotatable bonds is 5. The standard InChI is InChI=1S/C15H18N2OS/c1-11-7-8-19-14(11)10-17-15(18)9-13(16)12-5-3-2-4-6-12/h2-8,13H,9-10,16H2,1H3,(H,17,18). The van der Waals surface area contributed by atoms with Gasteiger partial charge in [-0.15, -0.1) is 11.3 Å². The molecule has 4 heteroatoms. The average molecular weight is 274 g/mol. The molecule has 0 radical (unpaired) electrons. The number of hydrogen-bond acceptors (Lipinski definition) is 3. The van der Waals surface area contributed by atoms with Crippen LogP contribution in [0.25, 0.3) is 0 Å². The summed E-state index contributed by atoms with van der Waals surface area (Å²) in [6.45, 7) is 2.64. The Labute approximate surface area is 117 Å². The van der Waals surface area contributed by atoms with Gasteiger partial charge >= 0.3 is 0 Å². The van der Waals surface area contributed by atoms with Crippen LogP contribution in [0, 0.1) is 6.92 Å². The second-order valence-electron chi connectivity index (χ2n) is 4.52. The van der Waals surface area contributed by atoms with Gasteiger partial charge < -0.3 is 11.1 Å². The molecule has 2 rings (SSSR count). The summed E-state index contributed by atoms with van der Waals surface area (Å²) in [7, 11) is 0. The highest BCUT2D eigenvalue weighted by molar-refractivity contribution is 7.10. The zero-order chi connectivity index (χ0) is 13.7. The van der Waals surface area contributed by atoms with Crippen LogP contribution in [0.15, 0.2) is 41.8 Å². The number of carbonyl (C=O) groups is 1. The fraction of sp³-hybridized carbons (Fsp3) is 0.267. The van der Waals surface area contributed by atoms with Gasteiger partial charge in [-0.1, -0.05) is 30.3 Å². The van der Waals surface area contributed by atoms with Gasteiger partial charge in [-0.2, -0.15) is 0 Å². The van der Waals surface area contributed by atoms with Gasteiger partial charge in [0, 0.05) is 17.3 Å². The summed E-state index contributed by atoms with van der Waals surface area (Å²) in [5.41, 5.74) is 8.23. The maximum atomic E-state index is 11.8. The Morgan fingerprint density at radius 2 is 2.05 bits per heavy atom. The summed E-state index contributed by atoms with van der Waals surface area (Å²) >= 11 is 1.66. The molecule has 1 amide bonds. The molecule has 0 aliphatic rings.